The van der Waals surface area contributed by atoms with Crippen molar-refractivity contribution in [3.63, 3.8) is 0 Å². The molecule has 10 unspecified atom stereocenters. The minimum absolute atomic E-state index is 0.0204. The number of amides is 3. The smallest absolute Gasteiger partial charge is 0.475 e. The van der Waals surface area contributed by atoms with Crippen LogP contribution in [0, 0.1) is 17.2 Å². The van der Waals surface area contributed by atoms with Crippen molar-refractivity contribution >= 4 is 36.7 Å². The molecule has 506 valence electrons. The van der Waals surface area contributed by atoms with E-state index < -0.39 is 80.5 Å². The summed E-state index contributed by atoms with van der Waals surface area (Å²) in [4.78, 5) is 42.1. The Kier molecular flexibility index (Phi) is 21.6. The number of imidazole rings is 1. The lowest BCUT2D eigenvalue weighted by Crippen LogP contribution is -2.50. The van der Waals surface area contributed by atoms with Crippen molar-refractivity contribution in [1.82, 2.24) is 29.7 Å². The van der Waals surface area contributed by atoms with E-state index in [1.807, 2.05) is 121 Å². The lowest BCUT2D eigenvalue weighted by atomic mass is 9.80. The van der Waals surface area contributed by atoms with Gasteiger partial charge in [0.1, 0.15) is 41.9 Å². The summed E-state index contributed by atoms with van der Waals surface area (Å²) in [5.74, 6) is 0.287. The lowest BCUT2D eigenvalue weighted by molar-refractivity contribution is -0.106. The Labute approximate surface area is 562 Å². The number of aromatic nitrogens is 4. The maximum atomic E-state index is 15.3. The van der Waals surface area contributed by atoms with Gasteiger partial charge in [-0.15, -0.1) is 0 Å². The first-order valence-corrected chi connectivity index (χ1v) is 34.1. The molecule has 97 heavy (non-hydrogen) atoms. The van der Waals surface area contributed by atoms with Gasteiger partial charge in [-0.05, 0) is 138 Å². The highest BCUT2D eigenvalue weighted by atomic mass is 31.2. The van der Waals surface area contributed by atoms with E-state index in [0.717, 1.165) is 22.3 Å². The fraction of sp³-hybridized carbons (Fsp3) is 0.370. The fourth-order valence-electron chi connectivity index (χ4n) is 13.4. The zero-order valence-electron chi connectivity index (χ0n) is 54.0. The van der Waals surface area contributed by atoms with Crippen molar-refractivity contribution < 1.29 is 71.8 Å². The Morgan fingerprint density at radius 2 is 1.44 bits per heavy atom. The number of nitrogens with one attached hydrogen (secondary N) is 2. The number of phosphoric ester groups is 1. The number of benzene rings is 6. The molecule has 1 saturated heterocycles. The second-order valence-corrected chi connectivity index (χ2v) is 26.4. The lowest BCUT2D eigenvalue weighted by Gasteiger charge is -2.37. The summed E-state index contributed by atoms with van der Waals surface area (Å²) in [5.41, 5.74) is 7.92. The first kappa shape index (κ1) is 68.2. The second-order valence-electron chi connectivity index (χ2n) is 24.7. The summed E-state index contributed by atoms with van der Waals surface area (Å²) in [6.45, 7) is 1.16. The number of anilines is 1. The second kappa shape index (κ2) is 30.8. The van der Waals surface area contributed by atoms with Crippen molar-refractivity contribution in [2.45, 2.75) is 125 Å². The molecule has 2 aliphatic heterocycles. The van der Waals surface area contributed by atoms with E-state index in [0.29, 0.717) is 61.3 Å². The third kappa shape index (κ3) is 15.4. The molecule has 2 aliphatic carbocycles. The van der Waals surface area contributed by atoms with Gasteiger partial charge in [-0.3, -0.25) is 27.8 Å². The maximum Gasteiger partial charge on any atom is 0.475 e. The van der Waals surface area contributed by atoms with E-state index in [1.54, 1.807) is 44.0 Å². The Bertz CT molecular complexity index is 4040. The van der Waals surface area contributed by atoms with Crippen molar-refractivity contribution in [3.8, 4) is 28.7 Å². The van der Waals surface area contributed by atoms with Gasteiger partial charge in [-0.1, -0.05) is 115 Å². The van der Waals surface area contributed by atoms with Crippen LogP contribution in [0.5, 0.6) is 11.5 Å². The number of aryl methyl sites for hydroxylation is 1. The molecule has 0 bridgehead atoms. The van der Waals surface area contributed by atoms with E-state index in [9.17, 15) is 35.3 Å². The number of urea groups is 1. The SMILES string of the molecule is COc1ccc(C(OCC2OC(n3cnc4c(NC(=O)c5ccc(CCC(O)CCCC(O)OCC6c7ccccc7-c7ccccc76)cc5)ncnc43)CC2OP(=O)(OCCC#N)OCC2CC(N3C=C(C)C(O)NC3=O)CC2O)(c2ccccc2)c2ccc(OC)cc2)cc1. The summed E-state index contributed by atoms with van der Waals surface area (Å²) < 4.78 is 66.9. The van der Waals surface area contributed by atoms with Crippen LogP contribution in [0.4, 0.5) is 10.6 Å². The predicted molar refractivity (Wildman–Crippen MR) is 358 cm³/mol. The summed E-state index contributed by atoms with van der Waals surface area (Å²) in [5, 5.41) is 58.3. The number of methoxy groups -OCH3 is 2. The van der Waals surface area contributed by atoms with Gasteiger partial charge in [-0.2, -0.15) is 5.26 Å². The van der Waals surface area contributed by atoms with E-state index in [2.05, 4.69) is 49.9 Å². The molecule has 1 saturated carbocycles. The largest absolute Gasteiger partial charge is 0.497 e. The van der Waals surface area contributed by atoms with Gasteiger partial charge in [0.05, 0.1) is 71.7 Å². The van der Waals surface area contributed by atoms with Crippen LogP contribution in [0.3, 0.4) is 0 Å². The number of carbonyl (C=O) groups is 2. The van der Waals surface area contributed by atoms with Crippen molar-refractivity contribution in [2.24, 2.45) is 5.92 Å². The van der Waals surface area contributed by atoms with Crippen LogP contribution < -0.4 is 20.1 Å². The van der Waals surface area contributed by atoms with Gasteiger partial charge in [0.2, 0.25) is 0 Å². The topological polar surface area (TPSA) is 301 Å². The van der Waals surface area contributed by atoms with E-state index in [4.69, 9.17) is 37.3 Å². The summed E-state index contributed by atoms with van der Waals surface area (Å²) >= 11 is 0. The molecule has 6 aromatic carbocycles. The molecule has 6 N–H and O–H groups in total. The average molecular weight is 1340 g/mol. The van der Waals surface area contributed by atoms with Crippen LogP contribution in [-0.2, 0) is 44.4 Å². The number of aliphatic hydroxyl groups excluding tert-OH is 4. The molecule has 4 aliphatic rings. The van der Waals surface area contributed by atoms with Crippen LogP contribution in [0.25, 0.3) is 22.3 Å². The first-order chi connectivity index (χ1) is 47.1. The van der Waals surface area contributed by atoms with Crippen LogP contribution in [0.1, 0.15) is 114 Å². The zero-order valence-corrected chi connectivity index (χ0v) is 54.9. The molecular weight excluding hydrogens is 1260 g/mol. The average Bonchev–Trinajstić information content (AvgIpc) is 1.09. The molecule has 23 nitrogen and oxygen atoms in total. The molecule has 0 spiro atoms. The molecule has 8 aromatic rings. The minimum Gasteiger partial charge on any atom is -0.497 e. The Balaban J connectivity index is 0.741. The molecule has 2 fully saturated rings. The van der Waals surface area contributed by atoms with Crippen molar-refractivity contribution in [3.05, 3.63) is 215 Å². The molecule has 4 heterocycles. The third-order valence-corrected chi connectivity index (χ3v) is 20.1. The van der Waals surface area contributed by atoms with E-state index in [-0.39, 0.29) is 68.4 Å². The normalized spacial score (nSPS) is 21.3. The van der Waals surface area contributed by atoms with Crippen molar-refractivity contribution in [1.29, 1.82) is 5.26 Å². The number of ether oxygens (including phenoxy) is 5. The predicted octanol–water partition coefficient (Wildman–Crippen LogP) is 10.8. The Morgan fingerprint density at radius 1 is 0.784 bits per heavy atom. The standard InChI is InChI=1S/C73H79N8O15P/c1-46-40-80(72(87)79-70(46)85)53-37-49(62(83)38-53)41-94-97(88,93-36-12-35-74)96-63-39-65(95-64(63)43-92-73(50-13-5-4-6-14-50,51-26-31-55(89-2)32-27-51)52-28-33-56(90-3)34-29-52)81-45-77-67-68(75-44-76-69(67)81)78-71(86)48-24-21-47(22-25-48)23-30-54(82)15-11-20-66(84)91-42-61-59-18-9-7-16-57(59)58-17-8-10-19-60(58)61/h4-10,13-14,16-19,21-22,24-29,31-34,40,44-45,49,53-54,61-66,70,82-85H,11-12,15,20,23,30,36-39,41-43H2,1-3H3,(H,79,87)(H,75,76,78,86). The number of nitrogens with zero attached hydrogens (tertiary/aromatic N) is 6. The minimum atomic E-state index is -4.68. The van der Waals surface area contributed by atoms with Gasteiger partial charge in [0.25, 0.3) is 5.91 Å². The summed E-state index contributed by atoms with van der Waals surface area (Å²) in [6.07, 6.45) is 0.223. The number of aliphatic hydroxyl groups is 4. The molecule has 2 aromatic heterocycles. The number of rotatable bonds is 30. The third-order valence-electron chi connectivity index (χ3n) is 18.6. The van der Waals surface area contributed by atoms with Crippen LogP contribution in [0.15, 0.2) is 176 Å². The molecule has 10 atom stereocenters. The van der Waals surface area contributed by atoms with Crippen LogP contribution in [-0.4, -0.2) is 140 Å². The van der Waals surface area contributed by atoms with E-state index in [1.165, 1.54) is 39.8 Å². The van der Waals surface area contributed by atoms with Crippen LogP contribution in [0.2, 0.25) is 0 Å². The zero-order chi connectivity index (χ0) is 67.6. The first-order valence-electron chi connectivity index (χ1n) is 32.6. The van der Waals surface area contributed by atoms with E-state index >= 15 is 4.57 Å². The number of nitriles is 1. The monoisotopic (exact) mass is 1340 g/mol. The van der Waals surface area contributed by atoms with Gasteiger partial charge >= 0.3 is 13.9 Å². The highest BCUT2D eigenvalue weighted by Gasteiger charge is 2.48. The number of hydrogen-bond acceptors (Lipinski definition) is 19. The van der Waals surface area contributed by atoms with Gasteiger partial charge < -0.3 is 54.7 Å². The summed E-state index contributed by atoms with van der Waals surface area (Å²) in [6, 6.07) is 49.3. The number of carbonyl (C=O) groups excluding carboxylic acids is 2. The summed E-state index contributed by atoms with van der Waals surface area (Å²) in [7, 11) is -1.51. The molecule has 3 amide bonds. The molecular formula is C73H79N8O15P. The van der Waals surface area contributed by atoms with Gasteiger partial charge in [0.15, 0.2) is 29.5 Å². The molecule has 12 rings (SSSR count). The van der Waals surface area contributed by atoms with Gasteiger partial charge in [0, 0.05) is 36.1 Å². The maximum absolute atomic E-state index is 15.3. The number of hydrogen-bond donors (Lipinski definition) is 6. The number of fused-ring (bicyclic) bond motifs is 4. The van der Waals surface area contributed by atoms with Crippen LogP contribution >= 0.6 is 7.82 Å². The Hall–Kier alpha value is -8.73. The van der Waals surface area contributed by atoms with Crippen molar-refractivity contribution in [2.75, 3.05) is 46.0 Å². The quantitative estimate of drug-likeness (QED) is 0.0105. The molecule has 0 radical (unpaired) electrons. The van der Waals surface area contributed by atoms with Gasteiger partial charge in [-0.25, -0.2) is 24.3 Å². The highest BCUT2D eigenvalue weighted by Crippen LogP contribution is 2.55. The highest BCUT2D eigenvalue weighted by molar-refractivity contribution is 7.48. The fourth-order valence-corrected chi connectivity index (χ4v) is 14.8. The number of phosphoric acid groups is 1. The molecule has 24 heteroatoms. The Morgan fingerprint density at radius 3 is 2.11 bits per heavy atom.